The Kier molecular flexibility index (Phi) is 5.69. The second kappa shape index (κ2) is 8.34. The van der Waals surface area contributed by atoms with Crippen LogP contribution in [0.25, 0.3) is 11.3 Å². The highest BCUT2D eigenvalue weighted by Crippen LogP contribution is 2.25. The van der Waals surface area contributed by atoms with Crippen molar-refractivity contribution in [3.8, 4) is 17.1 Å². The molecule has 4 nitrogen and oxygen atoms in total. The number of methoxy groups -OCH3 is 1. The molecule has 1 amide bonds. The molecule has 1 aromatic heterocycles. The molecule has 0 saturated carbocycles. The number of benzene rings is 2. The maximum Gasteiger partial charge on any atom is 0.220 e. The highest BCUT2D eigenvalue weighted by atomic mass is 19.1. The summed E-state index contributed by atoms with van der Waals surface area (Å²) in [5, 5.41) is 2.73. The molecular formula is C21H20FNO3. The molecular weight excluding hydrogens is 333 g/mol. The summed E-state index contributed by atoms with van der Waals surface area (Å²) in [6.45, 7) is 0.181. The fourth-order valence-corrected chi connectivity index (χ4v) is 2.58. The van der Waals surface area contributed by atoms with Gasteiger partial charge in [0.05, 0.1) is 7.11 Å². The summed E-state index contributed by atoms with van der Waals surface area (Å²) in [5.74, 6) is 1.80. The number of carbonyl (C=O) groups is 1. The summed E-state index contributed by atoms with van der Waals surface area (Å²) in [5.41, 5.74) is 1.42. The topological polar surface area (TPSA) is 51.5 Å². The van der Waals surface area contributed by atoms with Crippen LogP contribution in [-0.4, -0.2) is 13.0 Å². The first-order valence-corrected chi connectivity index (χ1v) is 8.39. The standard InChI is InChI=1S/C21H20FNO3/c1-25-17-8-6-15(7-9-17)20-12-10-18(26-20)11-13-21(24)23-14-16-4-2-3-5-19(16)22/h2-10,12H,11,13-14H2,1H3,(H,23,24). The van der Waals surface area contributed by atoms with E-state index in [0.29, 0.717) is 12.0 Å². The third-order valence-electron chi connectivity index (χ3n) is 4.07. The summed E-state index contributed by atoms with van der Waals surface area (Å²) in [6.07, 6.45) is 0.767. The van der Waals surface area contributed by atoms with Gasteiger partial charge in [-0.3, -0.25) is 4.79 Å². The van der Waals surface area contributed by atoms with E-state index in [-0.39, 0.29) is 24.7 Å². The highest BCUT2D eigenvalue weighted by Gasteiger charge is 2.09. The minimum Gasteiger partial charge on any atom is -0.497 e. The molecule has 0 fully saturated rings. The van der Waals surface area contributed by atoms with Crippen molar-refractivity contribution in [1.82, 2.24) is 5.32 Å². The molecule has 0 aliphatic heterocycles. The van der Waals surface area contributed by atoms with Crippen LogP contribution < -0.4 is 10.1 Å². The molecule has 0 saturated heterocycles. The van der Waals surface area contributed by atoms with Crippen molar-refractivity contribution < 1.29 is 18.3 Å². The molecule has 5 heteroatoms. The van der Waals surface area contributed by atoms with E-state index in [2.05, 4.69) is 5.32 Å². The molecule has 0 unspecified atom stereocenters. The van der Waals surface area contributed by atoms with Crippen molar-refractivity contribution in [2.75, 3.05) is 7.11 Å². The first-order chi connectivity index (χ1) is 12.7. The average molecular weight is 353 g/mol. The van der Waals surface area contributed by atoms with Gasteiger partial charge in [-0.1, -0.05) is 18.2 Å². The van der Waals surface area contributed by atoms with Crippen LogP contribution in [0.5, 0.6) is 5.75 Å². The summed E-state index contributed by atoms with van der Waals surface area (Å²) >= 11 is 0. The van der Waals surface area contributed by atoms with Crippen molar-refractivity contribution in [3.05, 3.63) is 77.8 Å². The Labute approximate surface area is 151 Å². The van der Waals surface area contributed by atoms with E-state index in [0.717, 1.165) is 22.8 Å². The van der Waals surface area contributed by atoms with Gasteiger partial charge in [0.2, 0.25) is 5.91 Å². The Bertz CT molecular complexity index is 871. The number of ether oxygens (including phenoxy) is 1. The smallest absolute Gasteiger partial charge is 0.220 e. The average Bonchev–Trinajstić information content (AvgIpc) is 3.15. The van der Waals surface area contributed by atoms with Gasteiger partial charge in [-0.25, -0.2) is 4.39 Å². The molecule has 0 atom stereocenters. The zero-order valence-electron chi connectivity index (χ0n) is 14.5. The van der Waals surface area contributed by atoms with E-state index in [1.807, 2.05) is 36.4 Å². The van der Waals surface area contributed by atoms with E-state index < -0.39 is 0 Å². The fraction of sp³-hybridized carbons (Fsp3) is 0.190. The normalized spacial score (nSPS) is 10.5. The quantitative estimate of drug-likeness (QED) is 0.687. The molecule has 26 heavy (non-hydrogen) atoms. The minimum atomic E-state index is -0.317. The van der Waals surface area contributed by atoms with Gasteiger partial charge in [0.1, 0.15) is 23.1 Å². The van der Waals surface area contributed by atoms with Crippen LogP contribution in [-0.2, 0) is 17.8 Å². The number of hydrogen-bond donors (Lipinski definition) is 1. The number of aryl methyl sites for hydroxylation is 1. The molecule has 1 N–H and O–H groups in total. The number of carbonyl (C=O) groups excluding carboxylic acids is 1. The van der Waals surface area contributed by atoms with Gasteiger partial charge in [0, 0.05) is 30.5 Å². The molecule has 3 aromatic rings. The number of hydrogen-bond acceptors (Lipinski definition) is 3. The Hall–Kier alpha value is -3.08. The van der Waals surface area contributed by atoms with Crippen LogP contribution in [0.4, 0.5) is 4.39 Å². The second-order valence-electron chi connectivity index (χ2n) is 5.86. The van der Waals surface area contributed by atoms with Gasteiger partial charge in [-0.2, -0.15) is 0 Å². The molecule has 0 radical (unpaired) electrons. The molecule has 2 aromatic carbocycles. The zero-order valence-corrected chi connectivity index (χ0v) is 14.5. The van der Waals surface area contributed by atoms with E-state index >= 15 is 0 Å². The Morgan fingerprint density at radius 1 is 1.08 bits per heavy atom. The molecule has 3 rings (SSSR count). The number of rotatable bonds is 7. The van der Waals surface area contributed by atoms with Crippen LogP contribution in [0, 0.1) is 5.82 Å². The zero-order chi connectivity index (χ0) is 18.4. The lowest BCUT2D eigenvalue weighted by molar-refractivity contribution is -0.121. The van der Waals surface area contributed by atoms with Crippen molar-refractivity contribution in [3.63, 3.8) is 0 Å². The third-order valence-corrected chi connectivity index (χ3v) is 4.07. The number of furan rings is 1. The van der Waals surface area contributed by atoms with Crippen LogP contribution in [0.3, 0.4) is 0 Å². The Morgan fingerprint density at radius 2 is 1.85 bits per heavy atom. The molecule has 0 aliphatic carbocycles. The van der Waals surface area contributed by atoms with E-state index in [1.165, 1.54) is 6.07 Å². The van der Waals surface area contributed by atoms with Crippen molar-refractivity contribution >= 4 is 5.91 Å². The van der Waals surface area contributed by atoms with Crippen molar-refractivity contribution in [2.45, 2.75) is 19.4 Å². The predicted octanol–water partition coefficient (Wildman–Crippen LogP) is 4.34. The summed E-state index contributed by atoms with van der Waals surface area (Å²) in [4.78, 5) is 12.0. The van der Waals surface area contributed by atoms with Gasteiger partial charge in [0.15, 0.2) is 0 Å². The predicted molar refractivity (Wildman–Crippen MR) is 97.3 cm³/mol. The molecule has 134 valence electrons. The molecule has 1 heterocycles. The largest absolute Gasteiger partial charge is 0.497 e. The van der Waals surface area contributed by atoms with E-state index in [4.69, 9.17) is 9.15 Å². The van der Waals surface area contributed by atoms with E-state index in [9.17, 15) is 9.18 Å². The van der Waals surface area contributed by atoms with Crippen LogP contribution in [0.1, 0.15) is 17.7 Å². The molecule has 0 spiro atoms. The van der Waals surface area contributed by atoms with Crippen LogP contribution >= 0.6 is 0 Å². The lowest BCUT2D eigenvalue weighted by Gasteiger charge is -2.05. The van der Waals surface area contributed by atoms with Crippen molar-refractivity contribution in [2.24, 2.45) is 0 Å². The minimum absolute atomic E-state index is 0.143. The Balaban J connectivity index is 1.51. The number of nitrogens with one attached hydrogen (secondary N) is 1. The SMILES string of the molecule is COc1ccc(-c2ccc(CCC(=O)NCc3ccccc3F)o2)cc1. The van der Waals surface area contributed by atoms with Gasteiger partial charge in [-0.05, 0) is 42.5 Å². The van der Waals surface area contributed by atoms with Gasteiger partial charge >= 0.3 is 0 Å². The first kappa shape index (κ1) is 17.7. The van der Waals surface area contributed by atoms with Gasteiger partial charge in [0.25, 0.3) is 0 Å². The number of amides is 1. The van der Waals surface area contributed by atoms with E-state index in [1.54, 1.807) is 25.3 Å². The molecule has 0 aliphatic rings. The lowest BCUT2D eigenvalue weighted by atomic mass is 10.2. The summed E-state index contributed by atoms with van der Waals surface area (Å²) in [6, 6.07) is 17.7. The maximum absolute atomic E-state index is 13.5. The van der Waals surface area contributed by atoms with Crippen molar-refractivity contribution in [1.29, 1.82) is 0 Å². The molecule has 0 bridgehead atoms. The summed E-state index contributed by atoms with van der Waals surface area (Å²) < 4.78 is 24.5. The monoisotopic (exact) mass is 353 g/mol. The van der Waals surface area contributed by atoms with Gasteiger partial charge in [-0.15, -0.1) is 0 Å². The lowest BCUT2D eigenvalue weighted by Crippen LogP contribution is -2.23. The van der Waals surface area contributed by atoms with Gasteiger partial charge < -0.3 is 14.5 Å². The second-order valence-corrected chi connectivity index (χ2v) is 5.86. The first-order valence-electron chi connectivity index (χ1n) is 8.39. The summed E-state index contributed by atoms with van der Waals surface area (Å²) in [7, 11) is 1.62. The van der Waals surface area contributed by atoms with Crippen LogP contribution in [0.15, 0.2) is 65.1 Å². The highest BCUT2D eigenvalue weighted by molar-refractivity contribution is 5.76. The van der Waals surface area contributed by atoms with Crippen LogP contribution in [0.2, 0.25) is 0 Å². The third kappa shape index (κ3) is 4.51. The fourth-order valence-electron chi connectivity index (χ4n) is 2.58. The maximum atomic E-state index is 13.5. The number of halogens is 1. The Morgan fingerprint density at radius 3 is 2.58 bits per heavy atom.